The maximum atomic E-state index is 12.9. The van der Waals surface area contributed by atoms with Gasteiger partial charge >= 0.3 is 23.9 Å². The van der Waals surface area contributed by atoms with Gasteiger partial charge in [-0.3, -0.25) is 0 Å². The summed E-state index contributed by atoms with van der Waals surface area (Å²) in [5.74, 6) is 0.562. The number of nitrogens with one attached hydrogen (secondary N) is 2. The minimum absolute atomic E-state index is 0.262. The van der Waals surface area contributed by atoms with Crippen molar-refractivity contribution >= 4 is 79.5 Å². The van der Waals surface area contributed by atoms with Crippen LogP contribution in [0.4, 0.5) is 34.1 Å². The summed E-state index contributed by atoms with van der Waals surface area (Å²) in [5, 5.41) is 29.0. The zero-order valence-electron chi connectivity index (χ0n) is 57.2. The Morgan fingerprint density at radius 3 is 1.01 bits per heavy atom. The van der Waals surface area contributed by atoms with Gasteiger partial charge in [0.15, 0.2) is 0 Å². The minimum atomic E-state index is -0.447. The molecule has 0 aliphatic carbocycles. The first kappa shape index (κ1) is 72.8. The van der Waals surface area contributed by atoms with E-state index in [1.165, 1.54) is 12.5 Å². The van der Waals surface area contributed by atoms with Gasteiger partial charge in [0.25, 0.3) is 0 Å². The van der Waals surface area contributed by atoms with Gasteiger partial charge in [-0.1, -0.05) is 86.0 Å². The summed E-state index contributed by atoms with van der Waals surface area (Å²) in [4.78, 5) is 51.7. The van der Waals surface area contributed by atoms with Gasteiger partial charge in [0, 0.05) is 46.0 Å². The Morgan fingerprint density at radius 2 is 0.637 bits per heavy atom. The first-order chi connectivity index (χ1) is 50.2. The second-order valence-electron chi connectivity index (χ2n) is 24.0. The third-order valence-corrected chi connectivity index (χ3v) is 16.6. The molecule has 0 fully saturated rings. The van der Waals surface area contributed by atoms with Crippen LogP contribution < -0.4 is 29.6 Å². The smallest absolute Gasteiger partial charge is 0.343 e. The molecule has 0 bridgehead atoms. The lowest BCUT2D eigenvalue weighted by Gasteiger charge is -2.12. The van der Waals surface area contributed by atoms with E-state index in [4.69, 9.17) is 37.9 Å². The Labute approximate surface area is 595 Å². The van der Waals surface area contributed by atoms with E-state index in [1.54, 1.807) is 121 Å². The number of benzene rings is 10. The predicted octanol–water partition coefficient (Wildman–Crippen LogP) is 21.3. The van der Waals surface area contributed by atoms with E-state index in [2.05, 4.69) is 44.2 Å². The van der Waals surface area contributed by atoms with Crippen LogP contribution in [0.2, 0.25) is 0 Å². The molecule has 0 radical (unpaired) electrons. The van der Waals surface area contributed by atoms with E-state index in [0.29, 0.717) is 120 Å². The number of rotatable bonds is 41. The zero-order valence-corrected chi connectivity index (χ0v) is 57.2. The predicted molar refractivity (Wildman–Crippen MR) is 399 cm³/mol. The van der Waals surface area contributed by atoms with Crippen molar-refractivity contribution in [2.24, 2.45) is 20.5 Å². The largest absolute Gasteiger partial charge is 0.502 e. The van der Waals surface area contributed by atoms with Gasteiger partial charge in [0.1, 0.15) is 23.0 Å². The number of azo groups is 2. The molecule has 0 unspecified atom stereocenters. The number of carbonyl (C=O) groups excluding carboxylic acids is 4. The fraction of sp³-hybridized carbons (Fsp3) is 0.238. The third-order valence-electron chi connectivity index (χ3n) is 16.6. The van der Waals surface area contributed by atoms with Crippen molar-refractivity contribution in [3.63, 3.8) is 0 Å². The molecule has 0 saturated carbocycles. The van der Waals surface area contributed by atoms with Gasteiger partial charge in [-0.15, -0.1) is 10.2 Å². The fourth-order valence-corrected chi connectivity index (χ4v) is 10.9. The second-order valence-corrected chi connectivity index (χ2v) is 24.0. The number of anilines is 2. The highest BCUT2D eigenvalue weighted by Gasteiger charge is 2.15. The van der Waals surface area contributed by atoms with Crippen molar-refractivity contribution in [2.45, 2.75) is 90.1 Å². The monoisotopic (exact) mass is 1370 g/mol. The van der Waals surface area contributed by atoms with Crippen LogP contribution >= 0.6 is 0 Å². The molecular formula is C84H84N6O12. The summed E-state index contributed by atoms with van der Waals surface area (Å²) in [6, 6.07) is 66.1. The topological polar surface area (TPSA) is 216 Å². The summed E-state index contributed by atoms with van der Waals surface area (Å²) in [7, 11) is 0. The highest BCUT2D eigenvalue weighted by Crippen LogP contribution is 2.36. The molecule has 2 N–H and O–H groups in total. The quantitative estimate of drug-likeness (QED) is 0.0120. The fourth-order valence-electron chi connectivity index (χ4n) is 10.9. The lowest BCUT2D eigenvalue weighted by molar-refractivity contribution is 0.0473. The van der Waals surface area contributed by atoms with Crippen LogP contribution in [0, 0.1) is 0 Å². The molecule has 0 aliphatic heterocycles. The highest BCUT2D eigenvalue weighted by atomic mass is 16.5. The van der Waals surface area contributed by atoms with Gasteiger partial charge in [-0.25, -0.2) is 19.2 Å². The van der Waals surface area contributed by atoms with Crippen molar-refractivity contribution in [3.05, 3.63) is 277 Å². The second kappa shape index (κ2) is 39.6. The molecule has 18 nitrogen and oxygen atoms in total. The molecule has 10 aromatic rings. The number of esters is 4. The Morgan fingerprint density at radius 1 is 0.314 bits per heavy atom. The van der Waals surface area contributed by atoms with E-state index in [-0.39, 0.29) is 13.2 Å². The summed E-state index contributed by atoms with van der Waals surface area (Å²) in [5.41, 5.74) is 8.07. The number of nitrogens with zero attached hydrogens (tertiary/aromatic N) is 4. The molecule has 0 aliphatic rings. The van der Waals surface area contributed by atoms with Crippen LogP contribution in [0.5, 0.6) is 23.0 Å². The summed E-state index contributed by atoms with van der Waals surface area (Å²) in [6.07, 6.45) is 13.9. The zero-order chi connectivity index (χ0) is 70.8. The molecule has 0 atom stereocenters. The first-order valence-corrected chi connectivity index (χ1v) is 34.6. The van der Waals surface area contributed by atoms with Crippen LogP contribution in [0.15, 0.2) is 265 Å². The molecule has 0 aromatic heterocycles. The molecule has 0 saturated heterocycles. The van der Waals surface area contributed by atoms with Gasteiger partial charge < -0.3 is 48.5 Å². The SMILES string of the molecule is C=COCCCCCCOc1ccc(C(=O)Oc2ccc(CNc3ccc(/N=N/c4ccc(C(=O)OCCCCCCOC(=O)c5ccc(/N=N/c6ccc(NCc7ccc(OC(=O)c8ccc(OCCCCCCOC=C)cc8)cc7)c7ccccc67)cc5)cc4)c4ccccc34)cc2)cc1. The number of hydrogen-bond donors (Lipinski definition) is 2. The van der Waals surface area contributed by atoms with E-state index < -0.39 is 23.9 Å². The maximum absolute atomic E-state index is 12.9. The molecule has 10 rings (SSSR count). The number of unbranched alkanes of at least 4 members (excludes halogenated alkanes) is 9. The Balaban J connectivity index is 0.585. The molecule has 0 amide bonds. The van der Waals surface area contributed by atoms with E-state index in [1.807, 2.05) is 97.1 Å². The molecule has 10 aromatic carbocycles. The Hall–Kier alpha value is -11.9. The van der Waals surface area contributed by atoms with E-state index in [9.17, 15) is 19.2 Å². The van der Waals surface area contributed by atoms with Gasteiger partial charge in [0.05, 0.1) is 97.2 Å². The molecular weight excluding hydrogens is 1280 g/mol. The molecule has 18 heteroatoms. The van der Waals surface area contributed by atoms with Gasteiger partial charge in [0.2, 0.25) is 0 Å². The van der Waals surface area contributed by atoms with Gasteiger partial charge in [-0.2, -0.15) is 10.2 Å². The lowest BCUT2D eigenvalue weighted by atomic mass is 10.1. The summed E-state index contributed by atoms with van der Waals surface area (Å²) >= 11 is 0. The van der Waals surface area contributed by atoms with Crippen molar-refractivity contribution in [3.8, 4) is 23.0 Å². The highest BCUT2D eigenvalue weighted by molar-refractivity contribution is 6.02. The molecule has 102 heavy (non-hydrogen) atoms. The van der Waals surface area contributed by atoms with E-state index in [0.717, 1.165) is 108 Å². The van der Waals surface area contributed by atoms with Crippen molar-refractivity contribution in [1.82, 2.24) is 0 Å². The van der Waals surface area contributed by atoms with Crippen LogP contribution in [0.3, 0.4) is 0 Å². The normalized spacial score (nSPS) is 11.1. The van der Waals surface area contributed by atoms with Gasteiger partial charge in [-0.05, 0) is 234 Å². The average molecular weight is 1370 g/mol. The van der Waals surface area contributed by atoms with Crippen LogP contribution in [0.1, 0.15) is 130 Å². The van der Waals surface area contributed by atoms with Crippen molar-refractivity contribution in [2.75, 3.05) is 50.3 Å². The number of carbonyl (C=O) groups is 4. The van der Waals surface area contributed by atoms with E-state index >= 15 is 0 Å². The maximum Gasteiger partial charge on any atom is 0.343 e. The first-order valence-electron chi connectivity index (χ1n) is 34.6. The summed E-state index contributed by atoms with van der Waals surface area (Å²) < 4.78 is 44.4. The molecule has 0 spiro atoms. The van der Waals surface area contributed by atoms with Crippen LogP contribution in [-0.2, 0) is 32.0 Å². The Bertz CT molecular complexity index is 4130. The third kappa shape index (κ3) is 22.8. The van der Waals surface area contributed by atoms with Crippen molar-refractivity contribution in [1.29, 1.82) is 0 Å². The standard InChI is InChI=1S/C84H84N6O12/c1-3-95-53-15-5-7-17-55-97-69-45-33-65(34-46-69)83(93)101-71-41-25-61(26-42-71)59-85-77-49-51-79(75-23-13-11-21-73(75)77)89-87-67-37-29-63(30-38-67)81(91)99-57-19-9-10-20-58-100-82(92)64-31-39-68(40-32-64)88-90-80-52-50-78(74-22-12-14-24-76(74)80)86-60-62-27-43-72(44-28-62)102-84(94)66-35-47-70(48-36-66)98-56-18-8-6-16-54-96-4-2/h3-4,11-14,21-52,85-86H,1-2,5-10,15-20,53-60H2/b89-87+,90-88+. The average Bonchev–Trinajstić information content (AvgIpc) is 0.807. The summed E-state index contributed by atoms with van der Waals surface area (Å²) in [6.45, 7) is 11.3. The lowest BCUT2D eigenvalue weighted by Crippen LogP contribution is -2.08. The molecule has 0 heterocycles. The number of ether oxygens (including phenoxy) is 8. The molecule has 522 valence electrons. The van der Waals surface area contributed by atoms with Crippen LogP contribution in [-0.4, -0.2) is 63.5 Å². The van der Waals surface area contributed by atoms with Crippen LogP contribution in [0.25, 0.3) is 21.5 Å². The number of hydrogen-bond acceptors (Lipinski definition) is 18. The number of fused-ring (bicyclic) bond motifs is 2. The minimum Gasteiger partial charge on any atom is -0.502 e. The Kier molecular flexibility index (Phi) is 28.3. The van der Waals surface area contributed by atoms with Crippen molar-refractivity contribution < 1.29 is 57.1 Å².